The summed E-state index contributed by atoms with van der Waals surface area (Å²) in [5, 5.41) is 14.4. The summed E-state index contributed by atoms with van der Waals surface area (Å²) in [6.07, 6.45) is 1.55. The Balaban J connectivity index is 1.64. The number of carbonyl (C=O) groups is 2. The Morgan fingerprint density at radius 1 is 0.946 bits per heavy atom. The number of carbonyl (C=O) groups excluding carboxylic acids is 2. The first kappa shape index (κ1) is 25.2. The molecule has 0 heterocycles. The molecule has 4 aromatic rings. The fourth-order valence-electron chi connectivity index (χ4n) is 3.90. The van der Waals surface area contributed by atoms with E-state index >= 15 is 0 Å². The number of fused-ring (bicyclic) bond motifs is 1. The van der Waals surface area contributed by atoms with E-state index in [-0.39, 0.29) is 5.57 Å². The number of hydrogen-bond acceptors (Lipinski definition) is 5. The molecule has 0 radical (unpaired) electrons. The Bertz CT molecular complexity index is 1550. The molecule has 0 unspecified atom stereocenters. The second-order valence-corrected chi connectivity index (χ2v) is 8.60. The average Bonchev–Trinajstić information content (AvgIpc) is 2.92. The molecule has 1 amide bonds. The Morgan fingerprint density at radius 3 is 2.41 bits per heavy atom. The highest BCUT2D eigenvalue weighted by atomic mass is 16.5. The smallest absolute Gasteiger partial charge is 0.337 e. The van der Waals surface area contributed by atoms with Crippen LogP contribution in [0.3, 0.4) is 0 Å². The number of ether oxygens (including phenoxy) is 2. The molecule has 6 nitrogen and oxygen atoms in total. The van der Waals surface area contributed by atoms with Gasteiger partial charge in [-0.15, -0.1) is 0 Å². The number of benzene rings is 4. The number of nitrogens with one attached hydrogen (secondary N) is 1. The van der Waals surface area contributed by atoms with Crippen molar-refractivity contribution in [2.75, 3.05) is 12.4 Å². The van der Waals surface area contributed by atoms with Gasteiger partial charge in [0.05, 0.1) is 12.7 Å². The minimum Gasteiger partial charge on any atom is -0.488 e. The molecule has 184 valence electrons. The van der Waals surface area contributed by atoms with Crippen LogP contribution in [0.25, 0.3) is 16.8 Å². The maximum atomic E-state index is 13.0. The Hall–Kier alpha value is -4.89. The number of amides is 1. The van der Waals surface area contributed by atoms with Gasteiger partial charge in [0.2, 0.25) is 0 Å². The molecule has 0 fully saturated rings. The zero-order valence-electron chi connectivity index (χ0n) is 20.9. The predicted octanol–water partition coefficient (Wildman–Crippen LogP) is 6.37. The summed E-state index contributed by atoms with van der Waals surface area (Å²) in [5.41, 5.74) is 4.80. The minimum absolute atomic E-state index is 0.0792. The second kappa shape index (κ2) is 11.2. The predicted molar refractivity (Wildman–Crippen MR) is 144 cm³/mol. The lowest BCUT2D eigenvalue weighted by Gasteiger charge is -2.13. The summed E-state index contributed by atoms with van der Waals surface area (Å²) in [6, 6.07) is 26.0. The monoisotopic (exact) mass is 490 g/mol. The SMILES string of the molecule is COC(=O)c1ccc(NC(=O)/C(C#N)=C/c2c(OCc3ccc(C)c(C)c3)ccc3ccccc23)cc1. The van der Waals surface area contributed by atoms with Crippen molar-refractivity contribution in [2.24, 2.45) is 0 Å². The lowest BCUT2D eigenvalue weighted by molar-refractivity contribution is -0.112. The Kier molecular flexibility index (Phi) is 7.65. The molecule has 0 aromatic heterocycles. The summed E-state index contributed by atoms with van der Waals surface area (Å²) in [6.45, 7) is 4.47. The second-order valence-electron chi connectivity index (χ2n) is 8.60. The molecule has 4 aromatic carbocycles. The van der Waals surface area contributed by atoms with Crippen molar-refractivity contribution in [1.82, 2.24) is 0 Å². The molecular formula is C31H26N2O4. The van der Waals surface area contributed by atoms with Crippen molar-refractivity contribution >= 4 is 34.4 Å². The van der Waals surface area contributed by atoms with Gasteiger partial charge >= 0.3 is 5.97 Å². The third-order valence-corrected chi connectivity index (χ3v) is 6.11. The van der Waals surface area contributed by atoms with Gasteiger partial charge in [0.25, 0.3) is 5.91 Å². The largest absolute Gasteiger partial charge is 0.488 e. The van der Waals surface area contributed by atoms with Gasteiger partial charge in [-0.1, -0.05) is 48.5 Å². The van der Waals surface area contributed by atoms with E-state index in [9.17, 15) is 14.9 Å². The number of hydrogen-bond donors (Lipinski definition) is 1. The molecular weight excluding hydrogens is 464 g/mol. The Morgan fingerprint density at radius 2 is 1.70 bits per heavy atom. The van der Waals surface area contributed by atoms with Gasteiger partial charge in [0, 0.05) is 11.3 Å². The molecule has 6 heteroatoms. The summed E-state index contributed by atoms with van der Waals surface area (Å²) in [5.74, 6) is -0.471. The molecule has 0 saturated carbocycles. The summed E-state index contributed by atoms with van der Waals surface area (Å²) in [4.78, 5) is 24.6. The van der Waals surface area contributed by atoms with Crippen molar-refractivity contribution in [3.05, 3.63) is 112 Å². The van der Waals surface area contributed by atoms with Gasteiger partial charge in [0.1, 0.15) is 24.0 Å². The van der Waals surface area contributed by atoms with Crippen molar-refractivity contribution in [3.8, 4) is 11.8 Å². The van der Waals surface area contributed by atoms with Gasteiger partial charge < -0.3 is 14.8 Å². The first-order valence-corrected chi connectivity index (χ1v) is 11.7. The van der Waals surface area contributed by atoms with Crippen LogP contribution in [-0.4, -0.2) is 19.0 Å². The van der Waals surface area contributed by atoms with Gasteiger partial charge in [-0.05, 0) is 77.7 Å². The number of esters is 1. The molecule has 0 saturated heterocycles. The molecule has 1 N–H and O–H groups in total. The fourth-order valence-corrected chi connectivity index (χ4v) is 3.90. The summed E-state index contributed by atoms with van der Waals surface area (Å²) >= 11 is 0. The van der Waals surface area contributed by atoms with E-state index in [2.05, 4.69) is 31.3 Å². The maximum Gasteiger partial charge on any atom is 0.337 e. The molecule has 0 aliphatic carbocycles. The van der Waals surface area contributed by atoms with Crippen LogP contribution >= 0.6 is 0 Å². The van der Waals surface area contributed by atoms with Crippen molar-refractivity contribution in [1.29, 1.82) is 5.26 Å². The van der Waals surface area contributed by atoms with Crippen LogP contribution in [0.5, 0.6) is 5.75 Å². The summed E-state index contributed by atoms with van der Waals surface area (Å²) in [7, 11) is 1.30. The molecule has 0 spiro atoms. The van der Waals surface area contributed by atoms with E-state index in [0.717, 1.165) is 16.3 Å². The zero-order valence-corrected chi connectivity index (χ0v) is 20.9. The van der Waals surface area contributed by atoms with Crippen molar-refractivity contribution in [3.63, 3.8) is 0 Å². The normalized spacial score (nSPS) is 11.0. The lowest BCUT2D eigenvalue weighted by Crippen LogP contribution is -2.13. The van der Waals surface area contributed by atoms with E-state index in [4.69, 9.17) is 9.47 Å². The van der Waals surface area contributed by atoms with Gasteiger partial charge in [-0.25, -0.2) is 4.79 Å². The van der Waals surface area contributed by atoms with Crippen LogP contribution < -0.4 is 10.1 Å². The van der Waals surface area contributed by atoms with Crippen LogP contribution in [0.2, 0.25) is 0 Å². The highest BCUT2D eigenvalue weighted by Gasteiger charge is 2.15. The number of anilines is 1. The molecule has 0 aliphatic rings. The van der Waals surface area contributed by atoms with Crippen LogP contribution in [-0.2, 0) is 16.1 Å². The third-order valence-electron chi connectivity index (χ3n) is 6.11. The van der Waals surface area contributed by atoms with E-state index in [0.29, 0.717) is 29.2 Å². The van der Waals surface area contributed by atoms with Crippen LogP contribution in [0.15, 0.2) is 84.4 Å². The maximum absolute atomic E-state index is 13.0. The van der Waals surface area contributed by atoms with Gasteiger partial charge in [0.15, 0.2) is 0 Å². The summed E-state index contributed by atoms with van der Waals surface area (Å²) < 4.78 is 10.9. The number of nitrogens with zero attached hydrogens (tertiary/aromatic N) is 1. The molecule has 4 rings (SSSR count). The standard InChI is InChI=1S/C31H26N2O4/c1-20-8-9-22(16-21(20)2)19-37-29-15-12-23-6-4-5-7-27(23)28(29)17-25(18-32)30(34)33-26-13-10-24(11-14-26)31(35)36-3/h4-17H,19H2,1-3H3,(H,33,34)/b25-17+. The highest BCUT2D eigenvalue weighted by molar-refractivity contribution is 6.11. The number of rotatable bonds is 7. The van der Waals surface area contributed by atoms with E-state index in [1.165, 1.54) is 18.2 Å². The molecule has 0 aliphatic heterocycles. The highest BCUT2D eigenvalue weighted by Crippen LogP contribution is 2.31. The van der Waals surface area contributed by atoms with E-state index < -0.39 is 11.9 Å². The van der Waals surface area contributed by atoms with Crippen molar-refractivity contribution < 1.29 is 19.1 Å². The number of methoxy groups -OCH3 is 1. The van der Waals surface area contributed by atoms with E-state index in [1.54, 1.807) is 30.3 Å². The zero-order chi connectivity index (χ0) is 26.4. The minimum atomic E-state index is -0.568. The van der Waals surface area contributed by atoms with Gasteiger partial charge in [-0.3, -0.25) is 4.79 Å². The quantitative estimate of drug-likeness (QED) is 0.185. The van der Waals surface area contributed by atoms with Crippen LogP contribution in [0, 0.1) is 25.2 Å². The average molecular weight is 491 g/mol. The number of nitriles is 1. The van der Waals surface area contributed by atoms with Gasteiger partial charge in [-0.2, -0.15) is 5.26 Å². The first-order chi connectivity index (χ1) is 17.9. The fraction of sp³-hybridized carbons (Fsp3) is 0.129. The third kappa shape index (κ3) is 5.85. The van der Waals surface area contributed by atoms with Crippen molar-refractivity contribution in [2.45, 2.75) is 20.5 Å². The van der Waals surface area contributed by atoms with Crippen LogP contribution in [0.1, 0.15) is 32.6 Å². The molecule has 0 bridgehead atoms. The molecule has 37 heavy (non-hydrogen) atoms. The molecule has 0 atom stereocenters. The number of aryl methyl sites for hydroxylation is 2. The Labute approximate surface area is 215 Å². The van der Waals surface area contributed by atoms with Crippen LogP contribution in [0.4, 0.5) is 5.69 Å². The lowest BCUT2D eigenvalue weighted by atomic mass is 10.0. The van der Waals surface area contributed by atoms with E-state index in [1.807, 2.05) is 48.5 Å². The first-order valence-electron chi connectivity index (χ1n) is 11.7. The topological polar surface area (TPSA) is 88.4 Å².